The van der Waals surface area contributed by atoms with Gasteiger partial charge in [-0.15, -0.1) is 0 Å². The Morgan fingerprint density at radius 2 is 0.947 bits per heavy atom. The summed E-state index contributed by atoms with van der Waals surface area (Å²) >= 11 is -2.68. The minimum absolute atomic E-state index is 0. The van der Waals surface area contributed by atoms with Crippen LogP contribution in [0.3, 0.4) is 0 Å². The number of allylic oxidation sites excluding steroid dienone is 2. The first-order valence-electron chi connectivity index (χ1n) is 14.7. The Hall–Kier alpha value is -0.617. The first-order valence-corrected chi connectivity index (χ1v) is 21.0. The molecular formula is C35H48Cl2Zr. The molecule has 0 N–H and O–H groups in total. The van der Waals surface area contributed by atoms with E-state index in [1.807, 2.05) is 0 Å². The molecule has 206 valence electrons. The van der Waals surface area contributed by atoms with Gasteiger partial charge in [0.1, 0.15) is 0 Å². The van der Waals surface area contributed by atoms with Crippen LogP contribution in [0.4, 0.5) is 0 Å². The van der Waals surface area contributed by atoms with Crippen LogP contribution in [-0.2, 0) is 20.3 Å². The van der Waals surface area contributed by atoms with Crippen molar-refractivity contribution in [3.05, 3.63) is 79.9 Å². The fraction of sp³-hybridized carbons (Fsp3) is 0.543. The molecule has 1 saturated heterocycles. The third-order valence-corrected chi connectivity index (χ3v) is 25.6. The standard InChI is InChI=1S/2C16H21.C3H6.2ClH.Zr/c2*1-10(2)13-8-14-6-12(5)7-16(14)15(9-13)11(3)4;1-3-2;;;/h2*6-11H,1-5H3;1-3H2;2*1H;/q;;;;;+2/p-2. The Kier molecular flexibility index (Phi) is 9.83. The first-order chi connectivity index (χ1) is 17.0. The molecule has 1 fully saturated rings. The molecular weight excluding hydrogens is 583 g/mol. The molecule has 3 heteroatoms. The maximum absolute atomic E-state index is 2.68. The third-order valence-electron chi connectivity index (χ3n) is 9.82. The fourth-order valence-electron chi connectivity index (χ4n) is 7.85. The van der Waals surface area contributed by atoms with E-state index in [9.17, 15) is 0 Å². The number of hydrogen-bond donors (Lipinski definition) is 0. The van der Waals surface area contributed by atoms with E-state index in [2.05, 4.69) is 106 Å². The molecule has 5 rings (SSSR count). The summed E-state index contributed by atoms with van der Waals surface area (Å²) in [6, 6.07) is 10.4. The zero-order chi connectivity index (χ0) is 26.1. The van der Waals surface area contributed by atoms with E-state index in [-0.39, 0.29) is 24.8 Å². The normalized spacial score (nSPS) is 20.3. The number of fused-ring (bicyclic) bond motifs is 2. The summed E-state index contributed by atoms with van der Waals surface area (Å²) in [4.78, 5) is 0. The average Bonchev–Trinajstić information content (AvgIpc) is 3.28. The summed E-state index contributed by atoms with van der Waals surface area (Å²) in [6.07, 6.45) is 6.70. The smallest absolute Gasteiger partial charge is 1.00 e. The summed E-state index contributed by atoms with van der Waals surface area (Å²) in [7, 11) is 0. The van der Waals surface area contributed by atoms with Crippen molar-refractivity contribution < 1.29 is 45.1 Å². The molecule has 2 aromatic carbocycles. The van der Waals surface area contributed by atoms with Crippen LogP contribution < -0.4 is 24.8 Å². The number of hydrogen-bond acceptors (Lipinski definition) is 0. The molecule has 2 aromatic rings. The molecule has 38 heavy (non-hydrogen) atoms. The van der Waals surface area contributed by atoms with Crippen molar-refractivity contribution in [2.75, 3.05) is 0 Å². The van der Waals surface area contributed by atoms with Gasteiger partial charge < -0.3 is 24.8 Å². The molecule has 1 heterocycles. The van der Waals surface area contributed by atoms with E-state index in [1.54, 1.807) is 63.9 Å². The van der Waals surface area contributed by atoms with Crippen molar-refractivity contribution in [3.63, 3.8) is 0 Å². The number of halogens is 2. The molecule has 0 spiro atoms. The van der Waals surface area contributed by atoms with Gasteiger partial charge >= 0.3 is 227 Å². The van der Waals surface area contributed by atoms with E-state index in [0.29, 0.717) is 23.7 Å². The van der Waals surface area contributed by atoms with Crippen molar-refractivity contribution in [2.24, 2.45) is 0 Å². The predicted molar refractivity (Wildman–Crippen MR) is 156 cm³/mol. The summed E-state index contributed by atoms with van der Waals surface area (Å²) in [5.41, 5.74) is 16.3. The van der Waals surface area contributed by atoms with Crippen LogP contribution in [-0.4, -0.2) is 0 Å². The summed E-state index contributed by atoms with van der Waals surface area (Å²) in [6.45, 7) is 24.0. The molecule has 0 radical (unpaired) electrons. The van der Waals surface area contributed by atoms with Crippen molar-refractivity contribution in [1.29, 1.82) is 0 Å². The van der Waals surface area contributed by atoms with Crippen molar-refractivity contribution in [3.8, 4) is 0 Å². The Balaban J connectivity index is 0.00000200. The maximum atomic E-state index is 2.65. The topological polar surface area (TPSA) is 0 Å². The van der Waals surface area contributed by atoms with Gasteiger partial charge in [0, 0.05) is 0 Å². The quantitative estimate of drug-likeness (QED) is 0.412. The SMILES string of the molecule is CC1=Cc2c(C(C)C)cc(C(C)C)cc2[CH]1[Zr+2]1([CH]2C(C)=Cc3c(C(C)C)cc(C(C)C)cc32)[CH2]C[CH2]1.[Cl-].[Cl-]. The van der Waals surface area contributed by atoms with Gasteiger partial charge in [0.05, 0.1) is 0 Å². The van der Waals surface area contributed by atoms with E-state index >= 15 is 0 Å². The molecule has 3 aliphatic rings. The number of benzene rings is 2. The second-order valence-corrected chi connectivity index (χ2v) is 24.9. The van der Waals surface area contributed by atoms with E-state index in [1.165, 1.54) is 6.42 Å². The number of rotatable bonds is 6. The zero-order valence-electron chi connectivity index (χ0n) is 25.3. The van der Waals surface area contributed by atoms with E-state index in [4.69, 9.17) is 0 Å². The van der Waals surface area contributed by atoms with Crippen molar-refractivity contribution in [1.82, 2.24) is 0 Å². The minimum Gasteiger partial charge on any atom is -1.00 e. The van der Waals surface area contributed by atoms with Gasteiger partial charge in [-0.25, -0.2) is 0 Å². The first kappa shape index (κ1) is 31.9. The summed E-state index contributed by atoms with van der Waals surface area (Å²) in [5, 5.41) is 0. The fourth-order valence-corrected chi connectivity index (χ4v) is 23.5. The molecule has 2 unspecified atom stereocenters. The van der Waals surface area contributed by atoms with Gasteiger partial charge in [0.25, 0.3) is 0 Å². The Morgan fingerprint density at radius 1 is 0.579 bits per heavy atom. The molecule has 2 atom stereocenters. The average molecular weight is 631 g/mol. The molecule has 0 nitrogen and oxygen atoms in total. The maximum Gasteiger partial charge on any atom is -1.00 e. The van der Waals surface area contributed by atoms with Crippen LogP contribution in [0.25, 0.3) is 12.2 Å². The van der Waals surface area contributed by atoms with Gasteiger partial charge in [-0.3, -0.25) is 0 Å². The van der Waals surface area contributed by atoms with Gasteiger partial charge in [-0.2, -0.15) is 0 Å². The van der Waals surface area contributed by atoms with Crippen LogP contribution in [0, 0.1) is 0 Å². The van der Waals surface area contributed by atoms with Crippen LogP contribution in [0.1, 0.15) is 151 Å². The second kappa shape index (κ2) is 11.7. The molecule has 1 aliphatic heterocycles. The van der Waals surface area contributed by atoms with E-state index in [0.717, 1.165) is 7.25 Å². The van der Waals surface area contributed by atoms with Crippen molar-refractivity contribution >= 4 is 12.2 Å². The second-order valence-electron chi connectivity index (χ2n) is 13.6. The van der Waals surface area contributed by atoms with Crippen LogP contribution in [0.5, 0.6) is 0 Å². The van der Waals surface area contributed by atoms with Crippen molar-refractivity contribution in [2.45, 2.75) is 115 Å². The van der Waals surface area contributed by atoms with Gasteiger partial charge in [0.2, 0.25) is 0 Å². The van der Waals surface area contributed by atoms with E-state index < -0.39 is 20.3 Å². The van der Waals surface area contributed by atoms with Crippen LogP contribution in [0.2, 0.25) is 8.26 Å². The minimum atomic E-state index is -2.68. The molecule has 0 amide bonds. The Bertz CT molecular complexity index is 1160. The molecule has 0 bridgehead atoms. The zero-order valence-corrected chi connectivity index (χ0v) is 29.3. The predicted octanol–water partition coefficient (Wildman–Crippen LogP) is 5.20. The summed E-state index contributed by atoms with van der Waals surface area (Å²) in [5.74, 6) is 2.31. The molecule has 2 aliphatic carbocycles. The van der Waals surface area contributed by atoms with Crippen LogP contribution >= 0.6 is 0 Å². The van der Waals surface area contributed by atoms with Gasteiger partial charge in [0.15, 0.2) is 0 Å². The summed E-state index contributed by atoms with van der Waals surface area (Å²) < 4.78 is 4.57. The third kappa shape index (κ3) is 5.01. The Morgan fingerprint density at radius 3 is 1.21 bits per heavy atom. The van der Waals surface area contributed by atoms with Crippen LogP contribution in [0.15, 0.2) is 35.4 Å². The Labute approximate surface area is 250 Å². The monoisotopic (exact) mass is 628 g/mol. The largest absolute Gasteiger partial charge is 1.00 e. The molecule has 0 saturated carbocycles. The molecule has 0 aromatic heterocycles. The van der Waals surface area contributed by atoms with Gasteiger partial charge in [-0.1, -0.05) is 0 Å². The van der Waals surface area contributed by atoms with Gasteiger partial charge in [-0.05, 0) is 0 Å².